The molecular weight excluding hydrogens is 68.0 g/mol. The van der Waals surface area contributed by atoms with Crippen LogP contribution in [-0.2, 0) is 0 Å². The van der Waals surface area contributed by atoms with Crippen molar-refractivity contribution in [2.75, 3.05) is 0 Å². The molecule has 0 bridgehead atoms. The molecular formula is C2H4N2O. The second kappa shape index (κ2) is 1.70. The molecule has 0 heterocycles. The van der Waals surface area contributed by atoms with Gasteiger partial charge < -0.3 is 10.8 Å². The number of hydrogen-bond donors (Lipinski definition) is 1. The predicted octanol–water partition coefficient (Wildman–Crippen LogP) is -2.56. The SMILES string of the molecule is N#CC([NH3+])[O-]. The van der Waals surface area contributed by atoms with Crippen molar-refractivity contribution >= 4 is 0 Å². The summed E-state index contributed by atoms with van der Waals surface area (Å²) in [6.07, 6.45) is -1.31. The first-order valence-corrected chi connectivity index (χ1v) is 1.16. The summed E-state index contributed by atoms with van der Waals surface area (Å²) in [5, 5.41) is 16.9. The van der Waals surface area contributed by atoms with Gasteiger partial charge in [-0.05, 0) is 0 Å². The van der Waals surface area contributed by atoms with E-state index in [9.17, 15) is 5.11 Å². The summed E-state index contributed by atoms with van der Waals surface area (Å²) < 4.78 is 0. The standard InChI is InChI=1S/C2H3N2O/c3-1-2(4)5/h2H,4H2/q-1/p+1. The van der Waals surface area contributed by atoms with Crippen LogP contribution in [0.4, 0.5) is 0 Å². The van der Waals surface area contributed by atoms with E-state index in [-0.39, 0.29) is 0 Å². The van der Waals surface area contributed by atoms with Crippen LogP contribution in [0.2, 0.25) is 0 Å². The lowest BCUT2D eigenvalue weighted by Crippen LogP contribution is -2.67. The molecule has 0 saturated heterocycles. The first-order chi connectivity index (χ1) is 2.27. The Balaban J connectivity index is 2.94. The number of nitrogens with zero attached hydrogens (tertiary/aromatic N) is 1. The van der Waals surface area contributed by atoms with Crippen molar-refractivity contribution in [3.8, 4) is 6.07 Å². The zero-order chi connectivity index (χ0) is 4.28. The molecule has 0 aromatic carbocycles. The van der Waals surface area contributed by atoms with Crippen LogP contribution in [0.5, 0.6) is 0 Å². The van der Waals surface area contributed by atoms with Crippen LogP contribution in [-0.4, -0.2) is 6.23 Å². The van der Waals surface area contributed by atoms with Crippen LogP contribution in [0.15, 0.2) is 0 Å². The third kappa shape index (κ3) is 3.41. The molecule has 3 nitrogen and oxygen atoms in total. The fraction of sp³-hybridized carbons (Fsp3) is 0.500. The van der Waals surface area contributed by atoms with E-state index in [4.69, 9.17) is 5.26 Å². The zero-order valence-electron chi connectivity index (χ0n) is 2.64. The molecule has 0 aromatic heterocycles. The van der Waals surface area contributed by atoms with Crippen molar-refractivity contribution in [2.24, 2.45) is 0 Å². The minimum Gasteiger partial charge on any atom is -0.794 e. The van der Waals surface area contributed by atoms with Crippen LogP contribution < -0.4 is 10.8 Å². The number of rotatable bonds is 0. The molecule has 0 amide bonds. The third-order valence-corrected chi connectivity index (χ3v) is 0.144. The monoisotopic (exact) mass is 72.0 g/mol. The maximum atomic E-state index is 9.42. The fourth-order valence-corrected chi connectivity index (χ4v) is 0. The van der Waals surface area contributed by atoms with Crippen molar-refractivity contribution in [3.05, 3.63) is 0 Å². The van der Waals surface area contributed by atoms with E-state index in [1.54, 1.807) is 0 Å². The van der Waals surface area contributed by atoms with Gasteiger partial charge in [0.25, 0.3) is 0 Å². The lowest BCUT2D eigenvalue weighted by atomic mass is 10.7. The van der Waals surface area contributed by atoms with E-state index in [1.165, 1.54) is 6.07 Å². The van der Waals surface area contributed by atoms with Crippen LogP contribution in [0.3, 0.4) is 0 Å². The Morgan fingerprint density at radius 3 is 2.20 bits per heavy atom. The second-order valence-corrected chi connectivity index (χ2v) is 0.618. The zero-order valence-corrected chi connectivity index (χ0v) is 2.64. The second-order valence-electron chi connectivity index (χ2n) is 0.618. The maximum Gasteiger partial charge on any atom is 0.109 e. The van der Waals surface area contributed by atoms with Crippen molar-refractivity contribution < 1.29 is 10.8 Å². The predicted molar refractivity (Wildman–Crippen MR) is 12.3 cm³/mol. The van der Waals surface area contributed by atoms with Crippen molar-refractivity contribution in [3.63, 3.8) is 0 Å². The Morgan fingerprint density at radius 1 is 2.00 bits per heavy atom. The Hall–Kier alpha value is -0.590. The van der Waals surface area contributed by atoms with Gasteiger partial charge in [0.1, 0.15) is 12.3 Å². The molecule has 0 aromatic rings. The van der Waals surface area contributed by atoms with Gasteiger partial charge in [0.2, 0.25) is 0 Å². The highest BCUT2D eigenvalue weighted by atomic mass is 16.3. The Kier molecular flexibility index (Phi) is 1.50. The van der Waals surface area contributed by atoms with Crippen LogP contribution >= 0.6 is 0 Å². The normalized spacial score (nSPS) is 13.0. The molecule has 0 aliphatic heterocycles. The number of hydrogen-bond acceptors (Lipinski definition) is 2. The summed E-state index contributed by atoms with van der Waals surface area (Å²) in [6.45, 7) is 0. The summed E-state index contributed by atoms with van der Waals surface area (Å²) >= 11 is 0. The number of nitriles is 1. The Labute approximate surface area is 29.6 Å². The molecule has 28 valence electrons. The van der Waals surface area contributed by atoms with E-state index in [0.29, 0.717) is 0 Å². The molecule has 0 rings (SSSR count). The smallest absolute Gasteiger partial charge is 0.109 e. The first-order valence-electron chi connectivity index (χ1n) is 1.16. The summed E-state index contributed by atoms with van der Waals surface area (Å²) in [7, 11) is 0. The Morgan fingerprint density at radius 2 is 2.20 bits per heavy atom. The molecule has 1 unspecified atom stereocenters. The van der Waals surface area contributed by atoms with Gasteiger partial charge in [-0.3, -0.25) is 0 Å². The molecule has 0 saturated carbocycles. The van der Waals surface area contributed by atoms with E-state index < -0.39 is 6.23 Å². The molecule has 5 heavy (non-hydrogen) atoms. The summed E-state index contributed by atoms with van der Waals surface area (Å²) in [4.78, 5) is 0. The highest BCUT2D eigenvalue weighted by Crippen LogP contribution is 1.37. The molecule has 3 heteroatoms. The topological polar surface area (TPSA) is 74.5 Å². The first kappa shape index (κ1) is 4.41. The van der Waals surface area contributed by atoms with E-state index in [2.05, 4.69) is 5.73 Å². The number of quaternary nitrogens is 1. The summed E-state index contributed by atoms with van der Waals surface area (Å²) in [5.41, 5.74) is 2.84. The Bertz CT molecular complexity index is 53.2. The fourth-order valence-electron chi connectivity index (χ4n) is 0. The quantitative estimate of drug-likeness (QED) is 0.319. The largest absolute Gasteiger partial charge is 0.794 e. The van der Waals surface area contributed by atoms with Gasteiger partial charge in [0.15, 0.2) is 0 Å². The van der Waals surface area contributed by atoms with Gasteiger partial charge in [0, 0.05) is 0 Å². The van der Waals surface area contributed by atoms with Gasteiger partial charge >= 0.3 is 0 Å². The van der Waals surface area contributed by atoms with Crippen LogP contribution in [0.1, 0.15) is 0 Å². The van der Waals surface area contributed by atoms with Gasteiger partial charge in [-0.25, -0.2) is 0 Å². The van der Waals surface area contributed by atoms with E-state index in [1.807, 2.05) is 0 Å². The maximum absolute atomic E-state index is 9.42. The highest BCUT2D eigenvalue weighted by Gasteiger charge is 1.70. The molecule has 0 aliphatic rings. The highest BCUT2D eigenvalue weighted by molar-refractivity contribution is 4.67. The summed E-state index contributed by atoms with van der Waals surface area (Å²) in [5.74, 6) is 0. The lowest BCUT2D eigenvalue weighted by Gasteiger charge is -1.94. The van der Waals surface area contributed by atoms with Crippen LogP contribution in [0, 0.1) is 11.3 Å². The molecule has 0 spiro atoms. The van der Waals surface area contributed by atoms with E-state index >= 15 is 0 Å². The minimum absolute atomic E-state index is 1.31. The summed E-state index contributed by atoms with van der Waals surface area (Å²) in [6, 6.07) is 1.36. The van der Waals surface area contributed by atoms with E-state index in [0.717, 1.165) is 0 Å². The molecule has 0 aliphatic carbocycles. The molecule has 1 atom stereocenters. The molecule has 0 radical (unpaired) electrons. The third-order valence-electron chi connectivity index (χ3n) is 0.144. The average molecular weight is 72.1 g/mol. The minimum atomic E-state index is -1.31. The van der Waals surface area contributed by atoms with Gasteiger partial charge in [-0.1, -0.05) is 0 Å². The van der Waals surface area contributed by atoms with Crippen molar-refractivity contribution in [1.29, 1.82) is 5.26 Å². The van der Waals surface area contributed by atoms with Gasteiger partial charge in [0.05, 0.1) is 0 Å². The van der Waals surface area contributed by atoms with Crippen molar-refractivity contribution in [1.82, 2.24) is 0 Å². The van der Waals surface area contributed by atoms with Gasteiger partial charge in [-0.2, -0.15) is 5.26 Å². The van der Waals surface area contributed by atoms with Crippen molar-refractivity contribution in [2.45, 2.75) is 6.23 Å². The molecule has 3 N–H and O–H groups in total. The van der Waals surface area contributed by atoms with Crippen LogP contribution in [0.25, 0.3) is 0 Å². The van der Waals surface area contributed by atoms with Gasteiger partial charge in [-0.15, -0.1) is 0 Å². The lowest BCUT2D eigenvalue weighted by molar-refractivity contribution is -0.636. The average Bonchev–Trinajstić information content (AvgIpc) is 1.38. The molecule has 0 fully saturated rings.